The second kappa shape index (κ2) is 5.67. The molecule has 0 aliphatic carbocycles. The molecule has 2 aromatic carbocycles. The first-order valence-electron chi connectivity index (χ1n) is 5.19. The highest BCUT2D eigenvalue weighted by Gasteiger charge is 2.06. The molecule has 2 rings (SSSR count). The van der Waals surface area contributed by atoms with Gasteiger partial charge < -0.3 is 5.32 Å². The first kappa shape index (κ1) is 13.3. The van der Waals surface area contributed by atoms with E-state index in [4.69, 9.17) is 11.6 Å². The summed E-state index contributed by atoms with van der Waals surface area (Å²) in [6, 6.07) is 8.89. The predicted octanol–water partition coefficient (Wildman–Crippen LogP) is 4.99. The minimum Gasteiger partial charge on any atom is -0.378 e. The van der Waals surface area contributed by atoms with Crippen LogP contribution in [-0.4, -0.2) is 0 Å². The fraction of sp³-hybridized carbons (Fsp3) is 0.0769. The van der Waals surface area contributed by atoms with Crippen LogP contribution in [0.1, 0.15) is 5.56 Å². The molecule has 0 aliphatic rings. The highest BCUT2D eigenvalue weighted by Crippen LogP contribution is 2.26. The van der Waals surface area contributed by atoms with Crippen molar-refractivity contribution in [1.82, 2.24) is 0 Å². The maximum atomic E-state index is 13.5. The van der Waals surface area contributed by atoms with E-state index in [0.29, 0.717) is 20.7 Å². The molecule has 0 spiro atoms. The highest BCUT2D eigenvalue weighted by molar-refractivity contribution is 9.10. The summed E-state index contributed by atoms with van der Waals surface area (Å²) in [5.74, 6) is -0.779. The van der Waals surface area contributed by atoms with Crippen molar-refractivity contribution < 1.29 is 8.78 Å². The van der Waals surface area contributed by atoms with Gasteiger partial charge in [-0.05, 0) is 51.8 Å². The third-order valence-corrected chi connectivity index (χ3v) is 3.23. The van der Waals surface area contributed by atoms with Gasteiger partial charge in [-0.3, -0.25) is 0 Å². The number of nitrogens with one attached hydrogen (secondary N) is 1. The zero-order chi connectivity index (χ0) is 13.1. The van der Waals surface area contributed by atoms with Gasteiger partial charge in [0.05, 0.1) is 5.69 Å². The molecule has 94 valence electrons. The van der Waals surface area contributed by atoms with Crippen LogP contribution in [0, 0.1) is 11.6 Å². The number of halogens is 4. The van der Waals surface area contributed by atoms with Crippen molar-refractivity contribution in [3.63, 3.8) is 0 Å². The van der Waals surface area contributed by atoms with E-state index < -0.39 is 5.82 Å². The molecule has 0 fully saturated rings. The summed E-state index contributed by atoms with van der Waals surface area (Å²) in [7, 11) is 0. The monoisotopic (exact) mass is 331 g/mol. The van der Waals surface area contributed by atoms with E-state index in [1.807, 2.05) is 0 Å². The van der Waals surface area contributed by atoms with Gasteiger partial charge in [-0.1, -0.05) is 17.7 Å². The minimum absolute atomic E-state index is 0.289. The predicted molar refractivity (Wildman–Crippen MR) is 72.8 cm³/mol. The standard InChI is InChI=1S/C13H9BrClF2N/c14-11-2-1-3-12(17)13(11)18-7-8-4-9(15)6-10(16)5-8/h1-6,18H,7H2. The second-order valence-corrected chi connectivity index (χ2v) is 5.02. The summed E-state index contributed by atoms with van der Waals surface area (Å²) in [5, 5.41) is 3.22. The smallest absolute Gasteiger partial charge is 0.147 e. The van der Waals surface area contributed by atoms with Crippen LogP contribution in [0.5, 0.6) is 0 Å². The third kappa shape index (κ3) is 3.21. The Balaban J connectivity index is 2.16. The quantitative estimate of drug-likeness (QED) is 0.834. The first-order valence-corrected chi connectivity index (χ1v) is 6.36. The van der Waals surface area contributed by atoms with Gasteiger partial charge in [-0.2, -0.15) is 0 Å². The number of anilines is 1. The summed E-state index contributed by atoms with van der Waals surface area (Å²) in [5.41, 5.74) is 0.994. The van der Waals surface area contributed by atoms with E-state index in [0.717, 1.165) is 0 Å². The molecule has 2 aromatic rings. The zero-order valence-electron chi connectivity index (χ0n) is 9.18. The molecule has 1 N–H and O–H groups in total. The van der Waals surface area contributed by atoms with Crippen molar-refractivity contribution in [3.8, 4) is 0 Å². The molecular formula is C13H9BrClF2N. The largest absolute Gasteiger partial charge is 0.378 e. The van der Waals surface area contributed by atoms with Gasteiger partial charge in [0, 0.05) is 16.0 Å². The lowest BCUT2D eigenvalue weighted by Crippen LogP contribution is -2.02. The molecule has 0 heterocycles. The van der Waals surface area contributed by atoms with Gasteiger partial charge in [0.2, 0.25) is 0 Å². The van der Waals surface area contributed by atoms with Crippen molar-refractivity contribution in [2.24, 2.45) is 0 Å². The van der Waals surface area contributed by atoms with Crippen LogP contribution < -0.4 is 5.32 Å². The van der Waals surface area contributed by atoms with Crippen molar-refractivity contribution >= 4 is 33.2 Å². The highest BCUT2D eigenvalue weighted by atomic mass is 79.9. The van der Waals surface area contributed by atoms with Crippen LogP contribution in [0.25, 0.3) is 0 Å². The Morgan fingerprint density at radius 3 is 2.61 bits per heavy atom. The first-order chi connectivity index (χ1) is 8.56. The van der Waals surface area contributed by atoms with Gasteiger partial charge in [-0.25, -0.2) is 8.78 Å². The molecular weight excluding hydrogens is 324 g/mol. The Morgan fingerprint density at radius 1 is 1.17 bits per heavy atom. The van der Waals surface area contributed by atoms with Gasteiger partial charge in [0.15, 0.2) is 0 Å². The van der Waals surface area contributed by atoms with E-state index in [-0.39, 0.29) is 12.4 Å². The maximum Gasteiger partial charge on any atom is 0.147 e. The molecule has 0 radical (unpaired) electrons. The van der Waals surface area contributed by atoms with Crippen molar-refractivity contribution in [2.45, 2.75) is 6.54 Å². The van der Waals surface area contributed by atoms with Crippen molar-refractivity contribution in [1.29, 1.82) is 0 Å². The Kier molecular flexibility index (Phi) is 4.19. The topological polar surface area (TPSA) is 12.0 Å². The number of hydrogen-bond donors (Lipinski definition) is 1. The van der Waals surface area contributed by atoms with Gasteiger partial charge in [0.1, 0.15) is 11.6 Å². The number of para-hydroxylation sites is 1. The number of hydrogen-bond acceptors (Lipinski definition) is 1. The fourth-order valence-electron chi connectivity index (χ4n) is 1.57. The SMILES string of the molecule is Fc1cc(Cl)cc(CNc2c(F)cccc2Br)c1. The molecule has 1 nitrogen and oxygen atoms in total. The normalized spacial score (nSPS) is 10.4. The van der Waals surface area contributed by atoms with E-state index in [9.17, 15) is 8.78 Å². The summed E-state index contributed by atoms with van der Waals surface area (Å²) in [6.07, 6.45) is 0. The van der Waals surface area contributed by atoms with Crippen molar-refractivity contribution in [3.05, 3.63) is 63.1 Å². The Hall–Kier alpha value is -1.13. The molecule has 0 unspecified atom stereocenters. The molecule has 0 atom stereocenters. The molecule has 18 heavy (non-hydrogen) atoms. The lowest BCUT2D eigenvalue weighted by atomic mass is 10.2. The maximum absolute atomic E-state index is 13.5. The van der Waals surface area contributed by atoms with Crippen LogP contribution in [-0.2, 0) is 6.54 Å². The molecule has 0 saturated carbocycles. The molecule has 0 amide bonds. The molecule has 0 aromatic heterocycles. The summed E-state index contributed by atoms with van der Waals surface area (Å²) >= 11 is 8.99. The van der Waals surface area contributed by atoms with E-state index in [1.165, 1.54) is 18.2 Å². The van der Waals surface area contributed by atoms with Gasteiger partial charge >= 0.3 is 0 Å². The average Bonchev–Trinajstić information content (AvgIpc) is 2.27. The van der Waals surface area contributed by atoms with Crippen LogP contribution >= 0.6 is 27.5 Å². The molecule has 5 heteroatoms. The van der Waals surface area contributed by atoms with Crippen LogP contribution in [0.15, 0.2) is 40.9 Å². The van der Waals surface area contributed by atoms with E-state index in [1.54, 1.807) is 18.2 Å². The van der Waals surface area contributed by atoms with E-state index in [2.05, 4.69) is 21.2 Å². The Morgan fingerprint density at radius 2 is 1.94 bits per heavy atom. The van der Waals surface area contributed by atoms with Gasteiger partial charge in [-0.15, -0.1) is 0 Å². The lowest BCUT2D eigenvalue weighted by Gasteiger charge is -2.10. The molecule has 0 bridgehead atoms. The van der Waals surface area contributed by atoms with Crippen molar-refractivity contribution in [2.75, 3.05) is 5.32 Å². The number of rotatable bonds is 3. The van der Waals surface area contributed by atoms with E-state index >= 15 is 0 Å². The molecule has 0 saturated heterocycles. The third-order valence-electron chi connectivity index (χ3n) is 2.35. The van der Waals surface area contributed by atoms with Crippen LogP contribution in [0.3, 0.4) is 0 Å². The number of benzene rings is 2. The molecule has 0 aliphatic heterocycles. The minimum atomic E-state index is -0.410. The summed E-state index contributed by atoms with van der Waals surface area (Å²) < 4.78 is 27.3. The zero-order valence-corrected chi connectivity index (χ0v) is 11.5. The Labute approximate surface area is 117 Å². The summed E-state index contributed by atoms with van der Waals surface area (Å²) in [6.45, 7) is 0.289. The Bertz CT molecular complexity index is 534. The average molecular weight is 333 g/mol. The fourth-order valence-corrected chi connectivity index (χ4v) is 2.30. The van der Waals surface area contributed by atoms with Gasteiger partial charge in [0.25, 0.3) is 0 Å². The summed E-state index contributed by atoms with van der Waals surface area (Å²) in [4.78, 5) is 0. The van der Waals surface area contributed by atoms with Crippen LogP contribution in [0.2, 0.25) is 5.02 Å². The lowest BCUT2D eigenvalue weighted by molar-refractivity contribution is 0.625. The van der Waals surface area contributed by atoms with Crippen LogP contribution in [0.4, 0.5) is 14.5 Å². The second-order valence-electron chi connectivity index (χ2n) is 3.73.